The smallest absolute Gasteiger partial charge is 0.162 e. The number of hydrogen-bond donors (Lipinski definition) is 0. The molecule has 4 aliphatic rings. The highest BCUT2D eigenvalue weighted by Gasteiger charge is 2.60. The van der Waals surface area contributed by atoms with Crippen molar-refractivity contribution in [3.8, 4) is 0 Å². The highest BCUT2D eigenvalue weighted by Crippen LogP contribution is 2.67. The fourth-order valence-corrected chi connectivity index (χ4v) is 8.51. The SMILES string of the molecule is CC1CCC2(C)C(CCC3C2CCC2(C)C(C(=O)Cn4ncnn4)CCC32)C1. The Labute approximate surface area is 169 Å². The van der Waals surface area contributed by atoms with Crippen LogP contribution in [-0.4, -0.2) is 26.0 Å². The van der Waals surface area contributed by atoms with Crippen LogP contribution in [0.25, 0.3) is 0 Å². The van der Waals surface area contributed by atoms with Crippen molar-refractivity contribution in [3.63, 3.8) is 0 Å². The van der Waals surface area contributed by atoms with Gasteiger partial charge in [0.1, 0.15) is 6.54 Å². The molecule has 0 amide bonds. The number of aromatic nitrogens is 4. The lowest BCUT2D eigenvalue weighted by molar-refractivity contribution is -0.137. The lowest BCUT2D eigenvalue weighted by Crippen LogP contribution is -2.53. The predicted molar refractivity (Wildman–Crippen MR) is 107 cm³/mol. The lowest BCUT2D eigenvalue weighted by Gasteiger charge is -2.61. The number of carbonyl (C=O) groups excluding carboxylic acids is 1. The standard InChI is InChI=1S/C23H36N4O/c1-15-8-10-22(2)16(12-15)4-5-17-18-6-7-20(23(18,3)11-9-19(17)22)21(28)13-27-25-14-24-26-27/h14-20H,4-13H2,1-3H3. The number of nitrogens with zero attached hydrogens (tertiary/aromatic N) is 4. The molecule has 1 aromatic heterocycles. The molecular weight excluding hydrogens is 348 g/mol. The van der Waals surface area contributed by atoms with E-state index in [4.69, 9.17) is 0 Å². The molecule has 0 spiro atoms. The quantitative estimate of drug-likeness (QED) is 0.768. The first-order valence-corrected chi connectivity index (χ1v) is 11.7. The average Bonchev–Trinajstić information content (AvgIpc) is 3.29. The van der Waals surface area contributed by atoms with E-state index in [0.29, 0.717) is 17.7 Å². The first kappa shape index (κ1) is 18.7. The van der Waals surface area contributed by atoms with Gasteiger partial charge in [-0.1, -0.05) is 27.2 Å². The second-order valence-electron chi connectivity index (χ2n) is 11.1. The summed E-state index contributed by atoms with van der Waals surface area (Å²) >= 11 is 0. The minimum Gasteiger partial charge on any atom is -0.297 e. The molecular formula is C23H36N4O. The maximum Gasteiger partial charge on any atom is 0.162 e. The summed E-state index contributed by atoms with van der Waals surface area (Å²) in [6.45, 7) is 7.83. The Morgan fingerprint density at radius 2 is 1.82 bits per heavy atom. The zero-order chi connectivity index (χ0) is 19.5. The molecule has 5 nitrogen and oxygen atoms in total. The molecule has 1 aromatic rings. The fraction of sp³-hybridized carbons (Fsp3) is 0.913. The van der Waals surface area contributed by atoms with Gasteiger partial charge in [0.25, 0.3) is 0 Å². The molecule has 0 aliphatic heterocycles. The van der Waals surface area contributed by atoms with Crippen LogP contribution in [0.2, 0.25) is 0 Å². The number of tetrazole rings is 1. The van der Waals surface area contributed by atoms with Gasteiger partial charge < -0.3 is 0 Å². The lowest BCUT2D eigenvalue weighted by atomic mass is 9.44. The molecule has 0 bridgehead atoms. The summed E-state index contributed by atoms with van der Waals surface area (Å²) in [7, 11) is 0. The van der Waals surface area contributed by atoms with Gasteiger partial charge in [0.05, 0.1) is 0 Å². The zero-order valence-electron chi connectivity index (χ0n) is 17.8. The largest absolute Gasteiger partial charge is 0.297 e. The van der Waals surface area contributed by atoms with Gasteiger partial charge in [0.2, 0.25) is 0 Å². The first-order chi connectivity index (χ1) is 13.4. The third-order valence-electron chi connectivity index (χ3n) is 10.0. The van der Waals surface area contributed by atoms with Crippen molar-refractivity contribution in [2.75, 3.05) is 0 Å². The summed E-state index contributed by atoms with van der Waals surface area (Å²) in [6.07, 6.45) is 13.4. The Morgan fingerprint density at radius 1 is 1.04 bits per heavy atom. The van der Waals surface area contributed by atoms with E-state index in [1.165, 1.54) is 62.5 Å². The van der Waals surface area contributed by atoms with E-state index in [-0.39, 0.29) is 11.3 Å². The monoisotopic (exact) mass is 384 g/mol. The minimum absolute atomic E-state index is 0.182. The van der Waals surface area contributed by atoms with Gasteiger partial charge in [-0.2, -0.15) is 4.80 Å². The van der Waals surface area contributed by atoms with Crippen molar-refractivity contribution < 1.29 is 4.79 Å². The maximum atomic E-state index is 13.1. The van der Waals surface area contributed by atoms with Gasteiger partial charge >= 0.3 is 0 Å². The molecule has 0 radical (unpaired) electrons. The molecule has 1 heterocycles. The number of hydrogen-bond acceptors (Lipinski definition) is 4. The Bertz CT molecular complexity index is 733. The summed E-state index contributed by atoms with van der Waals surface area (Å²) in [6, 6.07) is 0. The molecule has 0 saturated heterocycles. The topological polar surface area (TPSA) is 60.7 Å². The van der Waals surface area contributed by atoms with Gasteiger partial charge in [-0.25, -0.2) is 0 Å². The molecule has 8 atom stereocenters. The van der Waals surface area contributed by atoms with Crippen LogP contribution < -0.4 is 0 Å². The van der Waals surface area contributed by atoms with Crippen LogP contribution in [-0.2, 0) is 11.3 Å². The Kier molecular flexibility index (Phi) is 4.44. The second-order valence-corrected chi connectivity index (χ2v) is 11.1. The number of carbonyl (C=O) groups is 1. The highest BCUT2D eigenvalue weighted by molar-refractivity contribution is 5.81. The molecule has 8 unspecified atom stereocenters. The molecule has 154 valence electrons. The highest BCUT2D eigenvalue weighted by atomic mass is 16.1. The van der Waals surface area contributed by atoms with E-state index in [2.05, 4.69) is 36.2 Å². The summed E-state index contributed by atoms with van der Waals surface area (Å²) in [5, 5.41) is 11.7. The predicted octanol–water partition coefficient (Wildman–Crippen LogP) is 4.54. The van der Waals surface area contributed by atoms with Crippen molar-refractivity contribution in [2.24, 2.45) is 46.3 Å². The van der Waals surface area contributed by atoms with Crippen molar-refractivity contribution in [1.29, 1.82) is 0 Å². The number of ketones is 1. The molecule has 0 aromatic carbocycles. The second kappa shape index (κ2) is 6.63. The van der Waals surface area contributed by atoms with Crippen molar-refractivity contribution in [2.45, 2.75) is 85.1 Å². The van der Waals surface area contributed by atoms with Gasteiger partial charge in [0, 0.05) is 5.92 Å². The Morgan fingerprint density at radius 3 is 2.61 bits per heavy atom. The van der Waals surface area contributed by atoms with Gasteiger partial charge in [0.15, 0.2) is 12.1 Å². The van der Waals surface area contributed by atoms with E-state index in [0.717, 1.165) is 36.0 Å². The fourth-order valence-electron chi connectivity index (χ4n) is 8.51. The Balaban J connectivity index is 1.36. The number of fused-ring (bicyclic) bond motifs is 5. The summed E-state index contributed by atoms with van der Waals surface area (Å²) in [5.74, 6) is 4.84. The molecule has 0 N–H and O–H groups in total. The maximum absolute atomic E-state index is 13.1. The van der Waals surface area contributed by atoms with Crippen LogP contribution >= 0.6 is 0 Å². The van der Waals surface area contributed by atoms with E-state index in [9.17, 15) is 4.79 Å². The van der Waals surface area contributed by atoms with Crippen LogP contribution in [0.15, 0.2) is 6.33 Å². The van der Waals surface area contributed by atoms with E-state index in [1.54, 1.807) is 0 Å². The van der Waals surface area contributed by atoms with Crippen molar-refractivity contribution in [3.05, 3.63) is 6.33 Å². The summed E-state index contributed by atoms with van der Waals surface area (Å²) in [5.41, 5.74) is 0.744. The van der Waals surface area contributed by atoms with Crippen LogP contribution in [0.5, 0.6) is 0 Å². The van der Waals surface area contributed by atoms with E-state index in [1.807, 2.05) is 0 Å². The molecule has 4 aliphatic carbocycles. The number of Topliss-reactive ketones (excluding diaryl/α,β-unsaturated/α-hetero) is 1. The molecule has 4 saturated carbocycles. The average molecular weight is 385 g/mol. The zero-order valence-corrected chi connectivity index (χ0v) is 17.8. The number of rotatable bonds is 3. The minimum atomic E-state index is 0.182. The van der Waals surface area contributed by atoms with Crippen LogP contribution in [0, 0.1) is 46.3 Å². The normalized spacial score (nSPS) is 47.8. The van der Waals surface area contributed by atoms with Gasteiger partial charge in [-0.05, 0) is 97.0 Å². The van der Waals surface area contributed by atoms with Crippen molar-refractivity contribution in [1.82, 2.24) is 20.2 Å². The summed E-state index contributed by atoms with van der Waals surface area (Å²) in [4.78, 5) is 14.6. The van der Waals surface area contributed by atoms with Crippen LogP contribution in [0.3, 0.4) is 0 Å². The Hall–Kier alpha value is -1.26. The molecule has 5 rings (SSSR count). The van der Waals surface area contributed by atoms with Crippen LogP contribution in [0.1, 0.15) is 78.6 Å². The summed E-state index contributed by atoms with van der Waals surface area (Å²) < 4.78 is 0. The third kappa shape index (κ3) is 2.71. The van der Waals surface area contributed by atoms with E-state index < -0.39 is 0 Å². The van der Waals surface area contributed by atoms with Crippen molar-refractivity contribution >= 4 is 5.78 Å². The molecule has 28 heavy (non-hydrogen) atoms. The molecule has 4 fully saturated rings. The van der Waals surface area contributed by atoms with E-state index >= 15 is 0 Å². The van der Waals surface area contributed by atoms with Gasteiger partial charge in [-0.15, -0.1) is 10.2 Å². The molecule has 5 heteroatoms. The third-order valence-corrected chi connectivity index (χ3v) is 10.0. The van der Waals surface area contributed by atoms with Crippen LogP contribution in [0.4, 0.5) is 0 Å². The van der Waals surface area contributed by atoms with Gasteiger partial charge in [-0.3, -0.25) is 4.79 Å². The first-order valence-electron chi connectivity index (χ1n) is 11.7.